The predicted molar refractivity (Wildman–Crippen MR) is 270 cm³/mol. The van der Waals surface area contributed by atoms with Crippen molar-refractivity contribution in [2.45, 2.75) is 39.0 Å². The molecule has 18 nitrogen and oxygen atoms in total. The number of carbonyl (C=O) groups excluding carboxylic acids is 1. The number of nitrogens with one attached hydrogen (secondary N) is 2. The molecule has 0 aliphatic carbocycles. The highest BCUT2D eigenvalue weighted by Crippen LogP contribution is 2.24. The summed E-state index contributed by atoms with van der Waals surface area (Å²) >= 11 is 0. The van der Waals surface area contributed by atoms with Gasteiger partial charge < -0.3 is 20.4 Å². The molecule has 8 aromatic rings. The first-order chi connectivity index (χ1) is 34.1. The Morgan fingerprint density at radius 3 is 1.53 bits per heavy atom. The predicted octanol–water partition coefficient (Wildman–Crippen LogP) is 3.29. The lowest BCUT2D eigenvalue weighted by atomic mass is 10.1. The standard InChI is InChI=1S/C26H27N7O2.C26H28N6O3/c1-30-23-22(24(34)33(26(30)35)18-21-11-6-5-10-20(21)16-27)32(17-19-8-3-2-4-9-19)25(29-23)31-14-7-12-28-13-15-31;1-29-23-22(24(34)32(26(29)35)18-21(33)20-11-6-3-7-12-20)31(17-19-9-4-2-5-10-19)25(28-23)30-15-8-13-27-14-16-30/h2-6,8-11,28H,7,12-15,17-18H2,1H3;2-7,9-12,27H,8,13-18H2,1H3. The second-order valence-corrected chi connectivity index (χ2v) is 17.5. The van der Waals surface area contributed by atoms with E-state index in [1.165, 1.54) is 13.7 Å². The molecule has 0 saturated carbocycles. The first-order valence-electron chi connectivity index (χ1n) is 23.6. The number of imidazole rings is 2. The van der Waals surface area contributed by atoms with E-state index in [9.17, 15) is 29.2 Å². The highest BCUT2D eigenvalue weighted by Gasteiger charge is 2.27. The monoisotopic (exact) mass is 941 g/mol. The summed E-state index contributed by atoms with van der Waals surface area (Å²) in [7, 11) is 3.24. The Labute approximate surface area is 402 Å². The average molecular weight is 942 g/mol. The van der Waals surface area contributed by atoms with Crippen molar-refractivity contribution in [3.63, 3.8) is 0 Å². The number of Topliss-reactive ketones (excluding diaryl/α,β-unsaturated/α-hetero) is 1. The smallest absolute Gasteiger partial charge is 0.332 e. The van der Waals surface area contributed by atoms with E-state index in [2.05, 4.69) is 26.5 Å². The molecule has 0 spiro atoms. The fourth-order valence-corrected chi connectivity index (χ4v) is 9.20. The van der Waals surface area contributed by atoms with Crippen molar-refractivity contribution in [2.24, 2.45) is 14.1 Å². The maximum absolute atomic E-state index is 13.9. The molecule has 2 aliphatic rings. The molecule has 10 rings (SSSR count). The third-order valence-corrected chi connectivity index (χ3v) is 12.9. The Hall–Kier alpha value is -8.14. The SMILES string of the molecule is Cn1c(=O)n(CC(=O)c2ccccc2)c(=O)c2c1nc(N1CCCNCC1)n2Cc1ccccc1.Cn1c(=O)n(Cc2ccccc2C#N)c(=O)c2c1nc(N1CCCNCC1)n2Cc1ccccc1. The van der Waals surface area contributed by atoms with Crippen LogP contribution >= 0.6 is 0 Å². The van der Waals surface area contributed by atoms with Crippen LogP contribution in [0.3, 0.4) is 0 Å². The first-order valence-corrected chi connectivity index (χ1v) is 23.6. The highest BCUT2D eigenvalue weighted by molar-refractivity contribution is 5.96. The van der Waals surface area contributed by atoms with E-state index in [1.54, 1.807) is 62.6 Å². The molecular weight excluding hydrogens is 887 g/mol. The van der Waals surface area contributed by atoms with Crippen LogP contribution in [0.25, 0.3) is 22.3 Å². The fourth-order valence-electron chi connectivity index (χ4n) is 9.20. The van der Waals surface area contributed by atoms with Crippen LogP contribution in [0.5, 0.6) is 0 Å². The van der Waals surface area contributed by atoms with Crippen LogP contribution in [0, 0.1) is 11.3 Å². The summed E-state index contributed by atoms with van der Waals surface area (Å²) in [6, 6.07) is 37.7. The van der Waals surface area contributed by atoms with E-state index in [-0.39, 0.29) is 18.9 Å². The van der Waals surface area contributed by atoms with Gasteiger partial charge in [0.2, 0.25) is 11.9 Å². The normalized spacial score (nSPS) is 14.2. The summed E-state index contributed by atoms with van der Waals surface area (Å²) in [5.74, 6) is 1.05. The summed E-state index contributed by atoms with van der Waals surface area (Å²) in [5.41, 5.74) is 3.06. The van der Waals surface area contributed by atoms with E-state index in [0.29, 0.717) is 64.0 Å². The molecule has 2 N–H and O–H groups in total. The maximum Gasteiger partial charge on any atom is 0.332 e. The summed E-state index contributed by atoms with van der Waals surface area (Å²) in [5, 5.41) is 16.3. The topological polar surface area (TPSA) is 195 Å². The second-order valence-electron chi connectivity index (χ2n) is 17.5. The van der Waals surface area contributed by atoms with Crippen molar-refractivity contribution in [3.8, 4) is 6.07 Å². The van der Waals surface area contributed by atoms with Gasteiger partial charge in [0, 0.05) is 58.9 Å². The highest BCUT2D eigenvalue weighted by atomic mass is 16.2. The number of aromatic nitrogens is 8. The van der Waals surface area contributed by atoms with Crippen LogP contribution in [0.2, 0.25) is 0 Å². The van der Waals surface area contributed by atoms with E-state index >= 15 is 0 Å². The zero-order valence-electron chi connectivity index (χ0n) is 39.3. The van der Waals surface area contributed by atoms with Gasteiger partial charge >= 0.3 is 11.4 Å². The minimum atomic E-state index is -0.555. The van der Waals surface area contributed by atoms with Crippen molar-refractivity contribution in [3.05, 3.63) is 185 Å². The lowest BCUT2D eigenvalue weighted by molar-refractivity contribution is 0.0969. The molecule has 0 bridgehead atoms. The molecule has 0 unspecified atom stereocenters. The maximum atomic E-state index is 13.9. The van der Waals surface area contributed by atoms with Crippen molar-refractivity contribution in [2.75, 3.05) is 62.2 Å². The Morgan fingerprint density at radius 2 is 1.01 bits per heavy atom. The molecule has 70 heavy (non-hydrogen) atoms. The molecule has 2 saturated heterocycles. The molecule has 358 valence electrons. The van der Waals surface area contributed by atoms with E-state index in [1.807, 2.05) is 75.9 Å². The fraction of sp³-hybridized carbons (Fsp3) is 0.308. The minimum absolute atomic E-state index is 0.0185. The number of carbonyl (C=O) groups is 1. The van der Waals surface area contributed by atoms with Crippen LogP contribution in [-0.2, 0) is 40.3 Å². The molecule has 4 aromatic carbocycles. The van der Waals surface area contributed by atoms with E-state index in [4.69, 9.17) is 9.97 Å². The number of rotatable bonds is 11. The number of hydrogen-bond acceptors (Lipinski definition) is 12. The molecular formula is C52H55N13O5. The molecule has 2 fully saturated rings. The third-order valence-electron chi connectivity index (χ3n) is 12.9. The summed E-state index contributed by atoms with van der Waals surface area (Å²) < 4.78 is 8.86. The van der Waals surface area contributed by atoms with Gasteiger partial charge in [0.1, 0.15) is 0 Å². The summed E-state index contributed by atoms with van der Waals surface area (Å²) in [6.45, 7) is 7.16. The first kappa shape index (κ1) is 46.9. The minimum Gasteiger partial charge on any atom is -0.341 e. The molecule has 4 aromatic heterocycles. The van der Waals surface area contributed by atoms with Crippen LogP contribution in [0.15, 0.2) is 134 Å². The van der Waals surface area contributed by atoms with Gasteiger partial charge in [-0.2, -0.15) is 15.2 Å². The van der Waals surface area contributed by atoms with Gasteiger partial charge in [0.05, 0.1) is 37.8 Å². The summed E-state index contributed by atoms with van der Waals surface area (Å²) in [4.78, 5) is 80.9. The number of hydrogen-bond donors (Lipinski definition) is 2. The number of anilines is 2. The molecule has 6 heterocycles. The van der Waals surface area contributed by atoms with Crippen LogP contribution in [0.4, 0.5) is 11.9 Å². The average Bonchev–Trinajstić information content (AvgIpc) is 3.65. The van der Waals surface area contributed by atoms with Crippen molar-refractivity contribution in [1.29, 1.82) is 5.26 Å². The molecule has 0 atom stereocenters. The number of aryl methyl sites for hydroxylation is 2. The van der Waals surface area contributed by atoms with Gasteiger partial charge in [-0.15, -0.1) is 0 Å². The summed E-state index contributed by atoms with van der Waals surface area (Å²) in [6.07, 6.45) is 1.91. The van der Waals surface area contributed by atoms with Crippen LogP contribution in [-0.4, -0.2) is 95.5 Å². The Kier molecular flexibility index (Phi) is 14.1. The quantitative estimate of drug-likeness (QED) is 0.180. The number of nitrogens with zero attached hydrogens (tertiary/aromatic N) is 11. The number of ketones is 1. The van der Waals surface area contributed by atoms with E-state index < -0.39 is 22.5 Å². The number of benzene rings is 4. The zero-order valence-corrected chi connectivity index (χ0v) is 39.3. The van der Waals surface area contributed by atoms with Gasteiger partial charge in [-0.1, -0.05) is 109 Å². The van der Waals surface area contributed by atoms with E-state index in [0.717, 1.165) is 80.9 Å². The van der Waals surface area contributed by atoms with Gasteiger partial charge in [-0.25, -0.2) is 9.59 Å². The lowest BCUT2D eigenvalue weighted by Gasteiger charge is -2.22. The molecule has 18 heteroatoms. The van der Waals surface area contributed by atoms with Crippen molar-refractivity contribution < 1.29 is 4.79 Å². The van der Waals surface area contributed by atoms with Gasteiger partial charge in [-0.05, 0) is 48.7 Å². The van der Waals surface area contributed by atoms with Crippen LogP contribution in [0.1, 0.15) is 45.5 Å². The van der Waals surface area contributed by atoms with Crippen molar-refractivity contribution >= 4 is 40.0 Å². The lowest BCUT2D eigenvalue weighted by Crippen LogP contribution is -2.41. The van der Waals surface area contributed by atoms with Gasteiger partial charge in [-0.3, -0.25) is 41.8 Å². The largest absolute Gasteiger partial charge is 0.341 e. The number of fused-ring (bicyclic) bond motifs is 2. The van der Waals surface area contributed by atoms with Crippen LogP contribution < -0.4 is 42.9 Å². The third kappa shape index (κ3) is 9.62. The zero-order chi connectivity index (χ0) is 48.7. The van der Waals surface area contributed by atoms with Gasteiger partial charge in [0.25, 0.3) is 11.1 Å². The second kappa shape index (κ2) is 21.0. The van der Waals surface area contributed by atoms with Gasteiger partial charge in [0.15, 0.2) is 28.1 Å². The molecule has 0 amide bonds. The Bertz CT molecular complexity index is 3440. The Morgan fingerprint density at radius 1 is 0.557 bits per heavy atom. The number of nitriles is 1. The Balaban J connectivity index is 0.000000174. The molecule has 2 aliphatic heterocycles. The molecule has 0 radical (unpaired) electrons. The van der Waals surface area contributed by atoms with Crippen molar-refractivity contribution in [1.82, 2.24) is 48.0 Å².